The molecule has 0 aromatic heterocycles. The molecule has 25 heavy (non-hydrogen) atoms. The van der Waals surface area contributed by atoms with Crippen molar-refractivity contribution in [2.24, 2.45) is 0 Å². The largest absolute Gasteiger partial charge is 0.449 e. The Kier molecular flexibility index (Phi) is 3.41. The van der Waals surface area contributed by atoms with Gasteiger partial charge >= 0.3 is 5.97 Å². The van der Waals surface area contributed by atoms with Crippen molar-refractivity contribution in [3.63, 3.8) is 0 Å². The number of ether oxygens (including phenoxy) is 1. The van der Waals surface area contributed by atoms with E-state index >= 15 is 0 Å². The van der Waals surface area contributed by atoms with Gasteiger partial charge in [0.15, 0.2) is 5.60 Å². The van der Waals surface area contributed by atoms with Gasteiger partial charge in [0.05, 0.1) is 12.6 Å². The van der Waals surface area contributed by atoms with Crippen LogP contribution in [0.25, 0.3) is 0 Å². The zero-order chi connectivity index (χ0) is 17.0. The number of hydrogen-bond donors (Lipinski definition) is 1. The second kappa shape index (κ2) is 5.55. The van der Waals surface area contributed by atoms with E-state index in [2.05, 4.69) is 23.1 Å². The van der Waals surface area contributed by atoms with E-state index in [4.69, 9.17) is 4.74 Å². The monoisotopic (exact) mass is 337 g/mol. The number of hydrogen-bond acceptors (Lipinski definition) is 4. The molecule has 4 nitrogen and oxygen atoms in total. The second-order valence-electron chi connectivity index (χ2n) is 7.73. The van der Waals surface area contributed by atoms with Crippen LogP contribution < -0.4 is 0 Å². The minimum absolute atomic E-state index is 0.0678. The van der Waals surface area contributed by atoms with E-state index in [1.165, 1.54) is 24.0 Å². The molecule has 2 fully saturated rings. The fraction of sp³-hybridized carbons (Fsp3) is 0.476. The molecule has 0 amide bonds. The maximum Gasteiger partial charge on any atom is 0.332 e. The molecule has 3 heterocycles. The summed E-state index contributed by atoms with van der Waals surface area (Å²) in [5, 5.41) is 9.22. The van der Waals surface area contributed by atoms with Crippen LogP contribution in [-0.2, 0) is 22.6 Å². The number of carbonyl (C=O) groups is 1. The zero-order valence-electron chi connectivity index (χ0n) is 14.3. The molecule has 3 unspecified atom stereocenters. The zero-order valence-corrected chi connectivity index (χ0v) is 14.3. The van der Waals surface area contributed by atoms with Gasteiger partial charge in [-0.3, -0.25) is 4.90 Å². The van der Waals surface area contributed by atoms with E-state index < -0.39 is 5.60 Å². The van der Waals surface area contributed by atoms with Gasteiger partial charge in [0.1, 0.15) is 0 Å². The number of aliphatic hydroxyl groups is 1. The summed E-state index contributed by atoms with van der Waals surface area (Å²) < 4.78 is 5.97. The molecule has 1 aliphatic carbocycles. The predicted octanol–water partition coefficient (Wildman–Crippen LogP) is 2.51. The predicted molar refractivity (Wildman–Crippen MR) is 93.8 cm³/mol. The van der Waals surface area contributed by atoms with Gasteiger partial charge in [0.2, 0.25) is 0 Å². The molecule has 4 aliphatic rings. The first-order valence-corrected chi connectivity index (χ1v) is 9.30. The van der Waals surface area contributed by atoms with Gasteiger partial charge in [-0.25, -0.2) is 4.79 Å². The Labute approximate surface area is 147 Å². The van der Waals surface area contributed by atoms with Crippen LogP contribution in [0.1, 0.15) is 36.8 Å². The molecule has 3 atom stereocenters. The van der Waals surface area contributed by atoms with Gasteiger partial charge in [-0.05, 0) is 42.5 Å². The summed E-state index contributed by atoms with van der Waals surface area (Å²) in [6, 6.07) is 8.81. The summed E-state index contributed by atoms with van der Waals surface area (Å²) in [5.41, 5.74) is 4.09. The summed E-state index contributed by atoms with van der Waals surface area (Å²) in [4.78, 5) is 14.7. The molecule has 0 radical (unpaired) electrons. The Bertz CT molecular complexity index is 779. The van der Waals surface area contributed by atoms with E-state index in [1.54, 1.807) is 6.08 Å². The van der Waals surface area contributed by atoms with Crippen molar-refractivity contribution in [2.75, 3.05) is 6.54 Å². The van der Waals surface area contributed by atoms with Crippen molar-refractivity contribution in [1.29, 1.82) is 0 Å². The van der Waals surface area contributed by atoms with Crippen LogP contribution in [0.15, 0.2) is 47.6 Å². The molecule has 1 spiro atoms. The third kappa shape index (κ3) is 2.24. The topological polar surface area (TPSA) is 49.8 Å². The van der Waals surface area contributed by atoms with E-state index in [-0.39, 0.29) is 12.6 Å². The first-order valence-electron chi connectivity index (χ1n) is 9.30. The van der Waals surface area contributed by atoms with E-state index in [0.29, 0.717) is 12.1 Å². The summed E-state index contributed by atoms with van der Waals surface area (Å²) in [6.45, 7) is 1.18. The highest BCUT2D eigenvalue weighted by molar-refractivity contribution is 5.89. The molecule has 1 N–H and O–H groups in total. The highest BCUT2D eigenvalue weighted by Gasteiger charge is 2.61. The average Bonchev–Trinajstić information content (AvgIpc) is 3.12. The van der Waals surface area contributed by atoms with Crippen LogP contribution in [0.5, 0.6) is 0 Å². The van der Waals surface area contributed by atoms with Gasteiger partial charge in [-0.15, -0.1) is 0 Å². The Balaban J connectivity index is 1.51. The van der Waals surface area contributed by atoms with Crippen molar-refractivity contribution in [3.05, 3.63) is 58.7 Å². The Morgan fingerprint density at radius 2 is 2.00 bits per heavy atom. The van der Waals surface area contributed by atoms with E-state index in [1.807, 2.05) is 12.1 Å². The molecule has 2 saturated heterocycles. The second-order valence-corrected chi connectivity index (χ2v) is 7.73. The Hall–Kier alpha value is -1.91. The Morgan fingerprint density at radius 3 is 2.80 bits per heavy atom. The first-order chi connectivity index (χ1) is 12.2. The lowest BCUT2D eigenvalue weighted by Crippen LogP contribution is -2.48. The third-order valence-corrected chi connectivity index (χ3v) is 6.36. The molecule has 1 aromatic carbocycles. The highest BCUT2D eigenvalue weighted by Crippen LogP contribution is 2.54. The van der Waals surface area contributed by atoms with Crippen LogP contribution in [0.3, 0.4) is 0 Å². The molecule has 3 aliphatic heterocycles. The molecular formula is C21H23NO3. The highest BCUT2D eigenvalue weighted by atomic mass is 16.6. The fourth-order valence-corrected chi connectivity index (χ4v) is 5.30. The molecular weight excluding hydrogens is 314 g/mol. The third-order valence-electron chi connectivity index (χ3n) is 6.36. The van der Waals surface area contributed by atoms with Crippen molar-refractivity contribution < 1.29 is 14.6 Å². The summed E-state index contributed by atoms with van der Waals surface area (Å²) >= 11 is 0. The summed E-state index contributed by atoms with van der Waals surface area (Å²) in [6.07, 6.45) is 9.42. The lowest BCUT2D eigenvalue weighted by molar-refractivity contribution is -0.148. The first kappa shape index (κ1) is 15.4. The quantitative estimate of drug-likeness (QED) is 0.861. The smallest absolute Gasteiger partial charge is 0.332 e. The fourth-order valence-electron chi connectivity index (χ4n) is 5.30. The molecule has 5 rings (SSSR count). The van der Waals surface area contributed by atoms with Gasteiger partial charge in [-0.1, -0.05) is 36.8 Å². The average molecular weight is 337 g/mol. The maximum absolute atomic E-state index is 12.2. The Morgan fingerprint density at radius 1 is 1.20 bits per heavy atom. The number of fused-ring (bicyclic) bond motifs is 3. The lowest BCUT2D eigenvalue weighted by atomic mass is 9.75. The number of aliphatic hydroxyl groups excluding tert-OH is 1. The maximum atomic E-state index is 12.2. The SMILES string of the molecule is O=C1C=C2C(Cc3ccc(CO)cc3)=CC3CC2(O1)C1CCCCN31. The molecule has 2 bridgehead atoms. The van der Waals surface area contributed by atoms with Crippen LogP contribution in [0.2, 0.25) is 0 Å². The number of nitrogens with zero attached hydrogens (tertiary/aromatic N) is 1. The van der Waals surface area contributed by atoms with E-state index in [0.717, 1.165) is 36.9 Å². The van der Waals surface area contributed by atoms with Crippen LogP contribution in [0, 0.1) is 0 Å². The molecule has 0 saturated carbocycles. The van der Waals surface area contributed by atoms with Gasteiger partial charge < -0.3 is 9.84 Å². The van der Waals surface area contributed by atoms with Gasteiger partial charge in [0, 0.05) is 24.1 Å². The number of piperidine rings is 1. The lowest BCUT2D eigenvalue weighted by Gasteiger charge is -2.38. The number of carbonyl (C=O) groups excluding carboxylic acids is 1. The van der Waals surface area contributed by atoms with Crippen LogP contribution >= 0.6 is 0 Å². The summed E-state index contributed by atoms with van der Waals surface area (Å²) in [7, 11) is 0. The molecule has 4 heteroatoms. The normalized spacial score (nSPS) is 33.4. The van der Waals surface area contributed by atoms with Crippen molar-refractivity contribution >= 4 is 5.97 Å². The summed E-state index contributed by atoms with van der Waals surface area (Å²) in [5.74, 6) is -0.176. The molecule has 1 aromatic rings. The van der Waals surface area contributed by atoms with Crippen molar-refractivity contribution in [3.8, 4) is 0 Å². The minimum atomic E-state index is -0.405. The van der Waals surface area contributed by atoms with Crippen molar-refractivity contribution in [1.82, 2.24) is 4.90 Å². The van der Waals surface area contributed by atoms with Crippen molar-refractivity contribution in [2.45, 2.75) is 56.4 Å². The van der Waals surface area contributed by atoms with Gasteiger partial charge in [0.25, 0.3) is 0 Å². The van der Waals surface area contributed by atoms with E-state index in [9.17, 15) is 9.90 Å². The number of benzene rings is 1. The number of esters is 1. The number of rotatable bonds is 3. The standard InChI is InChI=1S/C21H23NO3/c23-13-15-6-4-14(5-7-15)9-16-10-17-12-21(18(16)11-20(24)25-21)19-3-1-2-8-22(17)19/h4-7,10-11,17,19,23H,1-3,8-9,12-13H2. The van der Waals surface area contributed by atoms with Crippen LogP contribution in [-0.4, -0.2) is 40.2 Å². The van der Waals surface area contributed by atoms with Crippen LogP contribution in [0.4, 0.5) is 0 Å². The molecule has 130 valence electrons. The van der Waals surface area contributed by atoms with Gasteiger partial charge in [-0.2, -0.15) is 0 Å². The minimum Gasteiger partial charge on any atom is -0.449 e.